The van der Waals surface area contributed by atoms with Crippen LogP contribution < -0.4 is 0 Å². The molecule has 0 atom stereocenters. The Labute approximate surface area is 106 Å². The van der Waals surface area contributed by atoms with Crippen LogP contribution in [0.3, 0.4) is 0 Å². The van der Waals surface area contributed by atoms with E-state index in [1.54, 1.807) is 0 Å². The van der Waals surface area contributed by atoms with E-state index in [1.807, 2.05) is 37.5 Å². The molecule has 3 aromatic rings. The van der Waals surface area contributed by atoms with Gasteiger partial charge in [0.15, 0.2) is 0 Å². The zero-order chi connectivity index (χ0) is 12.5. The van der Waals surface area contributed by atoms with Crippen LogP contribution in [0.1, 0.15) is 5.56 Å². The fourth-order valence-corrected chi connectivity index (χ4v) is 2.28. The second-order valence-electron chi connectivity index (χ2n) is 4.36. The number of rotatable bonds is 1. The van der Waals surface area contributed by atoms with Gasteiger partial charge in [0.1, 0.15) is 0 Å². The summed E-state index contributed by atoms with van der Waals surface area (Å²) < 4.78 is 2.09. The Kier molecular flexibility index (Phi) is 2.39. The highest BCUT2D eigenvalue weighted by molar-refractivity contribution is 5.86. The summed E-state index contributed by atoms with van der Waals surface area (Å²) in [5.74, 6) is 0. The fraction of sp³-hybridized carbons (Fsp3) is 0.0625. The summed E-state index contributed by atoms with van der Waals surface area (Å²) in [5, 5.41) is 10.3. The molecule has 0 bridgehead atoms. The van der Waals surface area contributed by atoms with Gasteiger partial charge in [-0.25, -0.2) is 0 Å². The standard InChI is InChI=1S/C16H12N2/c1-18-9-8-13-10-12(6-7-16(13)18)15-5-3-2-4-14(15)11-17/h2-10H,1H3. The molecule has 0 N–H and O–H groups in total. The average molecular weight is 232 g/mol. The molecule has 86 valence electrons. The maximum absolute atomic E-state index is 9.14. The van der Waals surface area contributed by atoms with E-state index in [-0.39, 0.29) is 0 Å². The van der Waals surface area contributed by atoms with E-state index in [0.29, 0.717) is 5.56 Å². The Bertz CT molecular complexity index is 760. The smallest absolute Gasteiger partial charge is 0.0998 e. The van der Waals surface area contributed by atoms with Gasteiger partial charge in [0.2, 0.25) is 0 Å². The molecule has 0 aliphatic rings. The van der Waals surface area contributed by atoms with Crippen molar-refractivity contribution in [2.45, 2.75) is 0 Å². The van der Waals surface area contributed by atoms with E-state index in [4.69, 9.17) is 5.26 Å². The molecule has 0 unspecified atom stereocenters. The lowest BCUT2D eigenvalue weighted by molar-refractivity contribution is 0.969. The van der Waals surface area contributed by atoms with Gasteiger partial charge in [-0.2, -0.15) is 5.26 Å². The van der Waals surface area contributed by atoms with Crippen LogP contribution in [0.2, 0.25) is 0 Å². The molecule has 0 amide bonds. The highest BCUT2D eigenvalue weighted by Gasteiger charge is 2.05. The molecule has 3 rings (SSSR count). The third kappa shape index (κ3) is 1.57. The quantitative estimate of drug-likeness (QED) is 0.628. The van der Waals surface area contributed by atoms with E-state index in [9.17, 15) is 0 Å². The van der Waals surface area contributed by atoms with Crippen LogP contribution in [0.25, 0.3) is 22.0 Å². The monoisotopic (exact) mass is 232 g/mol. The number of nitrogens with zero attached hydrogens (tertiary/aromatic N) is 2. The zero-order valence-electron chi connectivity index (χ0n) is 10.1. The summed E-state index contributed by atoms with van der Waals surface area (Å²) in [6.07, 6.45) is 2.05. The van der Waals surface area contributed by atoms with E-state index in [1.165, 1.54) is 10.9 Å². The summed E-state index contributed by atoms with van der Waals surface area (Å²) in [5.41, 5.74) is 4.00. The van der Waals surface area contributed by atoms with Gasteiger partial charge in [-0.05, 0) is 35.4 Å². The van der Waals surface area contributed by atoms with Gasteiger partial charge < -0.3 is 4.57 Å². The highest BCUT2D eigenvalue weighted by Crippen LogP contribution is 2.27. The van der Waals surface area contributed by atoms with Crippen molar-refractivity contribution in [2.75, 3.05) is 0 Å². The van der Waals surface area contributed by atoms with E-state index >= 15 is 0 Å². The summed E-state index contributed by atoms with van der Waals surface area (Å²) in [6.45, 7) is 0. The molecule has 0 saturated heterocycles. The van der Waals surface area contributed by atoms with Crippen molar-refractivity contribution >= 4 is 10.9 Å². The average Bonchev–Trinajstić information content (AvgIpc) is 2.80. The molecule has 1 heterocycles. The first-order valence-electron chi connectivity index (χ1n) is 5.84. The Balaban J connectivity index is 2.23. The first kappa shape index (κ1) is 10.6. The van der Waals surface area contributed by atoms with Crippen LogP contribution in [0.5, 0.6) is 0 Å². The minimum atomic E-state index is 0.716. The molecule has 0 spiro atoms. The Morgan fingerprint density at radius 3 is 2.72 bits per heavy atom. The van der Waals surface area contributed by atoms with Gasteiger partial charge in [-0.3, -0.25) is 0 Å². The molecule has 18 heavy (non-hydrogen) atoms. The van der Waals surface area contributed by atoms with Crippen molar-refractivity contribution in [3.63, 3.8) is 0 Å². The number of fused-ring (bicyclic) bond motifs is 1. The Morgan fingerprint density at radius 2 is 1.89 bits per heavy atom. The summed E-state index contributed by atoms with van der Waals surface area (Å²) in [7, 11) is 2.03. The normalized spacial score (nSPS) is 10.4. The van der Waals surface area contributed by atoms with Crippen LogP contribution in [-0.2, 0) is 7.05 Å². The predicted octanol–water partition coefficient (Wildman–Crippen LogP) is 3.72. The highest BCUT2D eigenvalue weighted by atomic mass is 14.9. The number of benzene rings is 2. The van der Waals surface area contributed by atoms with Crippen molar-refractivity contribution in [3.8, 4) is 17.2 Å². The Morgan fingerprint density at radius 1 is 1.06 bits per heavy atom. The SMILES string of the molecule is Cn1ccc2cc(-c3ccccc3C#N)ccc21. The number of aryl methyl sites for hydroxylation is 1. The maximum atomic E-state index is 9.14. The predicted molar refractivity (Wildman–Crippen MR) is 73.1 cm³/mol. The molecule has 0 aliphatic heterocycles. The van der Waals surface area contributed by atoms with Gasteiger partial charge in [0.05, 0.1) is 11.6 Å². The van der Waals surface area contributed by atoms with Gasteiger partial charge in [0.25, 0.3) is 0 Å². The molecular weight excluding hydrogens is 220 g/mol. The van der Waals surface area contributed by atoms with Crippen LogP contribution in [0, 0.1) is 11.3 Å². The van der Waals surface area contributed by atoms with Crippen molar-refractivity contribution in [1.29, 1.82) is 5.26 Å². The van der Waals surface area contributed by atoms with Gasteiger partial charge in [-0.1, -0.05) is 24.3 Å². The lowest BCUT2D eigenvalue weighted by Gasteiger charge is -2.05. The topological polar surface area (TPSA) is 28.7 Å². The lowest BCUT2D eigenvalue weighted by atomic mass is 9.99. The van der Waals surface area contributed by atoms with E-state index < -0.39 is 0 Å². The van der Waals surface area contributed by atoms with Crippen molar-refractivity contribution in [1.82, 2.24) is 4.57 Å². The molecule has 0 fully saturated rings. The molecule has 2 nitrogen and oxygen atoms in total. The second kappa shape index (κ2) is 4.05. The van der Waals surface area contributed by atoms with Crippen LogP contribution in [0.4, 0.5) is 0 Å². The summed E-state index contributed by atoms with van der Waals surface area (Å²) in [6, 6.07) is 18.3. The second-order valence-corrected chi connectivity index (χ2v) is 4.36. The van der Waals surface area contributed by atoms with Crippen LogP contribution in [0.15, 0.2) is 54.7 Å². The molecule has 0 aliphatic carbocycles. The maximum Gasteiger partial charge on any atom is 0.0998 e. The third-order valence-electron chi connectivity index (χ3n) is 3.24. The van der Waals surface area contributed by atoms with Crippen molar-refractivity contribution in [3.05, 3.63) is 60.3 Å². The van der Waals surface area contributed by atoms with E-state index in [2.05, 4.69) is 34.9 Å². The van der Waals surface area contributed by atoms with Gasteiger partial charge in [-0.15, -0.1) is 0 Å². The van der Waals surface area contributed by atoms with Crippen molar-refractivity contribution < 1.29 is 0 Å². The lowest BCUT2D eigenvalue weighted by Crippen LogP contribution is -1.86. The molecular formula is C16H12N2. The number of nitriles is 1. The zero-order valence-corrected chi connectivity index (χ0v) is 10.1. The fourth-order valence-electron chi connectivity index (χ4n) is 2.28. The first-order chi connectivity index (χ1) is 8.79. The molecule has 0 radical (unpaired) electrons. The number of hydrogen-bond acceptors (Lipinski definition) is 1. The molecule has 2 aromatic carbocycles. The minimum Gasteiger partial charge on any atom is -0.351 e. The molecule has 0 saturated carbocycles. The van der Waals surface area contributed by atoms with Crippen molar-refractivity contribution in [2.24, 2.45) is 7.05 Å². The van der Waals surface area contributed by atoms with E-state index in [0.717, 1.165) is 11.1 Å². The third-order valence-corrected chi connectivity index (χ3v) is 3.24. The minimum absolute atomic E-state index is 0.716. The summed E-state index contributed by atoms with van der Waals surface area (Å²) in [4.78, 5) is 0. The first-order valence-corrected chi connectivity index (χ1v) is 5.84. The largest absolute Gasteiger partial charge is 0.351 e. The number of aromatic nitrogens is 1. The van der Waals surface area contributed by atoms with Gasteiger partial charge in [0, 0.05) is 24.1 Å². The Hall–Kier alpha value is -2.53. The number of hydrogen-bond donors (Lipinski definition) is 0. The van der Waals surface area contributed by atoms with Crippen LogP contribution >= 0.6 is 0 Å². The van der Waals surface area contributed by atoms with Gasteiger partial charge >= 0.3 is 0 Å². The molecule has 1 aromatic heterocycles. The summed E-state index contributed by atoms with van der Waals surface area (Å²) >= 11 is 0. The van der Waals surface area contributed by atoms with Crippen LogP contribution in [-0.4, -0.2) is 4.57 Å². The molecule has 2 heteroatoms.